The van der Waals surface area contributed by atoms with Crippen LogP contribution in [0.3, 0.4) is 0 Å². The molecule has 0 rings (SSSR count). The van der Waals surface area contributed by atoms with Crippen molar-refractivity contribution in [1.82, 2.24) is 0 Å². The molecule has 0 aromatic carbocycles. The molecule has 0 aliphatic carbocycles. The molecule has 0 radical (unpaired) electrons. The van der Waals surface area contributed by atoms with Crippen molar-refractivity contribution in [3.8, 4) is 0 Å². The van der Waals surface area contributed by atoms with Crippen LogP contribution in [0.4, 0.5) is 0 Å². The third kappa shape index (κ3) is 1540. The average Bonchev–Trinajstić information content (AvgIpc) is 1.62. The minimum atomic E-state index is -4.89. The van der Waals surface area contributed by atoms with Gasteiger partial charge in [-0.15, -0.1) is 0 Å². The minimum absolute atomic E-state index is 0. The second kappa shape index (κ2) is 19.7. The molecule has 0 aromatic heterocycles. The van der Waals surface area contributed by atoms with Gasteiger partial charge in [-0.2, -0.15) is 0 Å². The Balaban J connectivity index is -0.0000000284. The fraction of sp³-hybridized carbons (Fsp3) is 0. The normalized spacial score (nSPS) is 10.3. The van der Waals surface area contributed by atoms with Crippen LogP contribution >= 0.6 is 31.3 Å². The number of phosphoric acid groups is 4. The summed E-state index contributed by atoms with van der Waals surface area (Å²) < 4.78 is 35.1. The first-order valence-corrected chi connectivity index (χ1v) is 9.18. The summed E-state index contributed by atoms with van der Waals surface area (Å²) in [6.45, 7) is 0. The van der Waals surface area contributed by atoms with E-state index in [9.17, 15) is 0 Å². The molecule has 0 saturated heterocycles. The topological polar surface area (TPSA) is 354 Å². The predicted molar refractivity (Wildman–Crippen MR) is 63.3 cm³/mol. The largest absolute Gasteiger partial charge is 2.00 e. The molecular formula is H10Ca2O17P4. The van der Waals surface area contributed by atoms with Crippen LogP contribution in [-0.4, -0.2) is 120 Å². The monoisotopic (exact) mass is 486 g/mol. The number of rotatable bonds is 0. The van der Waals surface area contributed by atoms with Crippen molar-refractivity contribution in [2.24, 2.45) is 0 Å². The van der Waals surface area contributed by atoms with Gasteiger partial charge in [-0.3, -0.25) is 18.3 Å². The van der Waals surface area contributed by atoms with Crippen molar-refractivity contribution in [2.75, 3.05) is 0 Å². The quantitative estimate of drug-likeness (QED) is 0.116. The van der Waals surface area contributed by atoms with Crippen molar-refractivity contribution in [3.63, 3.8) is 0 Å². The van der Waals surface area contributed by atoms with Crippen LogP contribution in [0.15, 0.2) is 0 Å². The third-order valence-electron chi connectivity index (χ3n) is 0. The first kappa shape index (κ1) is 45.0. The van der Waals surface area contributed by atoms with E-state index in [2.05, 4.69) is 0 Å². The van der Waals surface area contributed by atoms with E-state index < -0.39 is 31.3 Å². The number of hydrogen-bond donors (Lipinski definition) is 8. The Kier molecular flexibility index (Phi) is 38.5. The van der Waals surface area contributed by atoms with E-state index in [0.29, 0.717) is 0 Å². The zero-order valence-corrected chi connectivity index (χ0v) is 18.5. The summed E-state index contributed by atoms with van der Waals surface area (Å²) in [7, 11) is -19.6. The fourth-order valence-electron chi connectivity index (χ4n) is 0. The molecule has 23 heavy (non-hydrogen) atoms. The average molecular weight is 486 g/mol. The van der Waals surface area contributed by atoms with Gasteiger partial charge in [0.2, 0.25) is 0 Å². The van der Waals surface area contributed by atoms with Crippen LogP contribution < -0.4 is 19.6 Å². The molecule has 23 heteroatoms. The maximum Gasteiger partial charge on any atom is 2.00 e. The number of hydrogen-bond acceptors (Lipinski definition) is 8. The molecule has 0 aliphatic rings. The standard InChI is InChI=1S/2Ca.4H3O4P.H2O/c;;4*1-5(2,3)4;/h;;4*(H3,1,2,3,4);1H2/q2*+2;;;;;/p-4. The molecule has 0 bridgehead atoms. The van der Waals surface area contributed by atoms with Crippen molar-refractivity contribution in [2.45, 2.75) is 0 Å². The van der Waals surface area contributed by atoms with E-state index in [1.807, 2.05) is 0 Å². The molecule has 0 aromatic rings. The van der Waals surface area contributed by atoms with Crippen LogP contribution in [0.5, 0.6) is 0 Å². The molecule has 0 amide bonds. The molecule has 0 aliphatic heterocycles. The Labute approximate surface area is 187 Å². The van der Waals surface area contributed by atoms with E-state index in [0.717, 1.165) is 0 Å². The maximum atomic E-state index is 8.77. The van der Waals surface area contributed by atoms with Crippen molar-refractivity contribution in [1.29, 1.82) is 0 Å². The molecular weight excluding hydrogens is 476 g/mol. The molecule has 17 nitrogen and oxygen atoms in total. The molecule has 136 valence electrons. The fourth-order valence-corrected chi connectivity index (χ4v) is 0. The molecule has 0 atom stereocenters. The van der Waals surface area contributed by atoms with Gasteiger partial charge in [0.1, 0.15) is 0 Å². The summed E-state index contributed by atoms with van der Waals surface area (Å²) in [5.41, 5.74) is 0. The van der Waals surface area contributed by atoms with Crippen molar-refractivity contribution in [3.05, 3.63) is 0 Å². The molecule has 0 spiro atoms. The van der Waals surface area contributed by atoms with E-state index in [-0.39, 0.29) is 81.0 Å². The summed E-state index contributed by atoms with van der Waals surface area (Å²) in [6, 6.07) is 0. The summed E-state index contributed by atoms with van der Waals surface area (Å²) in [4.78, 5) is 91.7. The van der Waals surface area contributed by atoms with Crippen molar-refractivity contribution >= 4 is 107 Å². The van der Waals surface area contributed by atoms with Gasteiger partial charge >= 0.3 is 75.5 Å². The molecule has 0 saturated carbocycles. The first-order chi connectivity index (χ1) is 8.00. The second-order valence-corrected chi connectivity index (χ2v) is 5.89. The zero-order valence-electron chi connectivity index (χ0n) is 10.5. The SMILES string of the molecule is O.O=P([O-])(O)O.O=P([O-])(O)O.O=P([O-])(O)O.O=P([O-])(O)O.[Ca+2].[Ca+2]. The van der Waals surface area contributed by atoms with Crippen LogP contribution in [0, 0.1) is 0 Å². The Morgan fingerprint density at radius 1 is 0.435 bits per heavy atom. The van der Waals surface area contributed by atoms with Crippen LogP contribution in [0.25, 0.3) is 0 Å². The van der Waals surface area contributed by atoms with Gasteiger partial charge in [0.05, 0.1) is 0 Å². The van der Waals surface area contributed by atoms with E-state index in [1.54, 1.807) is 0 Å². The molecule has 0 unspecified atom stereocenters. The zero-order chi connectivity index (χ0) is 18.0. The first-order valence-electron chi connectivity index (χ1n) is 3.06. The smallest absolute Gasteiger partial charge is 0.756 e. The predicted octanol–water partition coefficient (Wildman–Crippen LogP) is -7.83. The summed E-state index contributed by atoms with van der Waals surface area (Å²) in [5.74, 6) is 0. The summed E-state index contributed by atoms with van der Waals surface area (Å²) in [5, 5.41) is 0. The summed E-state index contributed by atoms with van der Waals surface area (Å²) >= 11 is 0. The third-order valence-corrected chi connectivity index (χ3v) is 0. The van der Waals surface area contributed by atoms with Gasteiger partial charge in [-0.25, -0.2) is 0 Å². The Morgan fingerprint density at radius 3 is 0.435 bits per heavy atom. The van der Waals surface area contributed by atoms with Gasteiger partial charge < -0.3 is 64.2 Å². The Hall–Kier alpha value is 2.92. The van der Waals surface area contributed by atoms with E-state index in [1.165, 1.54) is 0 Å². The van der Waals surface area contributed by atoms with E-state index in [4.69, 9.17) is 77.0 Å². The van der Waals surface area contributed by atoms with Gasteiger partial charge in [0, 0.05) is 0 Å². The van der Waals surface area contributed by atoms with Crippen LogP contribution in [0.1, 0.15) is 0 Å². The molecule has 10 N–H and O–H groups in total. The Bertz CT molecular complexity index is 289. The Morgan fingerprint density at radius 2 is 0.435 bits per heavy atom. The van der Waals surface area contributed by atoms with Crippen LogP contribution in [0.2, 0.25) is 0 Å². The van der Waals surface area contributed by atoms with E-state index >= 15 is 0 Å². The molecule has 0 heterocycles. The molecule has 0 fully saturated rings. The second-order valence-electron chi connectivity index (χ2n) is 1.96. The van der Waals surface area contributed by atoms with Gasteiger partial charge in [0.25, 0.3) is 31.3 Å². The van der Waals surface area contributed by atoms with Crippen molar-refractivity contribution < 1.29 is 82.5 Å². The van der Waals surface area contributed by atoms with Gasteiger partial charge in [0.15, 0.2) is 0 Å². The van der Waals surface area contributed by atoms with Gasteiger partial charge in [-0.05, 0) is 0 Å². The summed E-state index contributed by atoms with van der Waals surface area (Å²) in [6.07, 6.45) is 0. The van der Waals surface area contributed by atoms with Crippen LogP contribution in [-0.2, 0) is 18.3 Å². The van der Waals surface area contributed by atoms with Gasteiger partial charge in [-0.1, -0.05) is 0 Å². The maximum absolute atomic E-state index is 8.77. The minimum Gasteiger partial charge on any atom is -0.756 e.